The van der Waals surface area contributed by atoms with Crippen LogP contribution >= 0.6 is 0 Å². The number of nitrogens with two attached hydrogens (primary N) is 1. The van der Waals surface area contributed by atoms with E-state index in [-0.39, 0.29) is 5.91 Å². The molecule has 1 fully saturated rings. The minimum absolute atomic E-state index is 0.240. The first-order valence-corrected chi connectivity index (χ1v) is 6.25. The van der Waals surface area contributed by atoms with Gasteiger partial charge >= 0.3 is 0 Å². The maximum Gasteiger partial charge on any atom is 0.223 e. The third kappa shape index (κ3) is 2.91. The molecular weight excluding hydrogens is 224 g/mol. The molecule has 0 saturated carbocycles. The second-order valence-electron chi connectivity index (χ2n) is 4.75. The summed E-state index contributed by atoms with van der Waals surface area (Å²) in [5, 5.41) is 0. The molecule has 1 saturated heterocycles. The Balaban J connectivity index is 2.16. The monoisotopic (exact) mass is 242 g/mol. The van der Waals surface area contributed by atoms with E-state index in [9.17, 15) is 4.79 Å². The van der Waals surface area contributed by atoms with Gasteiger partial charge in [0.1, 0.15) is 0 Å². The maximum atomic E-state index is 11.8. The smallest absolute Gasteiger partial charge is 0.223 e. The van der Waals surface area contributed by atoms with E-state index < -0.39 is 0 Å². The number of likely N-dealkylation sites (tertiary alicyclic amines) is 1. The molecule has 94 valence electrons. The Kier molecular flexibility index (Phi) is 4.01. The van der Waals surface area contributed by atoms with Crippen LogP contribution in [-0.2, 0) is 11.3 Å². The number of hydrogen-bond donors (Lipinski definition) is 1. The summed E-state index contributed by atoms with van der Waals surface area (Å²) in [7, 11) is 0. The van der Waals surface area contributed by atoms with Crippen molar-refractivity contribution in [3.63, 3.8) is 0 Å². The normalized spacial score (nSPS) is 18.7. The van der Waals surface area contributed by atoms with Crippen molar-refractivity contribution in [1.82, 2.24) is 4.90 Å². The molecule has 1 amide bonds. The molecule has 3 nitrogen and oxygen atoms in total. The third-order valence-corrected chi connectivity index (χ3v) is 3.11. The Morgan fingerprint density at radius 1 is 1.44 bits per heavy atom. The van der Waals surface area contributed by atoms with Crippen LogP contribution in [0, 0.1) is 17.8 Å². The standard InChI is InChI=1S/C15H18N2O/c1-12-9-15(18)17(10-12)11-14-6-3-2-5-13(14)7-4-8-16/h2-3,5-6,12H,8-11,16H2,1H3. The lowest BCUT2D eigenvalue weighted by Gasteiger charge is -2.17. The summed E-state index contributed by atoms with van der Waals surface area (Å²) >= 11 is 0. The number of rotatable bonds is 2. The molecule has 0 spiro atoms. The molecule has 18 heavy (non-hydrogen) atoms. The summed E-state index contributed by atoms with van der Waals surface area (Å²) < 4.78 is 0. The molecule has 1 heterocycles. The van der Waals surface area contributed by atoms with Gasteiger partial charge < -0.3 is 10.6 Å². The highest BCUT2D eigenvalue weighted by Crippen LogP contribution is 2.20. The average molecular weight is 242 g/mol. The largest absolute Gasteiger partial charge is 0.338 e. The van der Waals surface area contributed by atoms with E-state index in [1.165, 1.54) is 0 Å². The minimum Gasteiger partial charge on any atom is -0.338 e. The predicted octanol–water partition coefficient (Wildman–Crippen LogP) is 1.37. The van der Waals surface area contributed by atoms with Gasteiger partial charge in [-0.05, 0) is 17.5 Å². The molecule has 1 unspecified atom stereocenters. The Bertz CT molecular complexity index is 499. The highest BCUT2D eigenvalue weighted by molar-refractivity contribution is 5.78. The average Bonchev–Trinajstić information content (AvgIpc) is 2.67. The SMILES string of the molecule is CC1CC(=O)N(Cc2ccccc2C#CCN)C1. The number of carbonyl (C=O) groups excluding carboxylic acids is 1. The van der Waals surface area contributed by atoms with Crippen molar-refractivity contribution in [2.45, 2.75) is 19.9 Å². The van der Waals surface area contributed by atoms with Gasteiger partial charge in [0, 0.05) is 25.1 Å². The molecule has 1 aromatic rings. The Hall–Kier alpha value is -1.79. The summed E-state index contributed by atoms with van der Waals surface area (Å²) in [4.78, 5) is 13.7. The van der Waals surface area contributed by atoms with Crippen molar-refractivity contribution in [3.05, 3.63) is 35.4 Å². The number of nitrogens with zero attached hydrogens (tertiary/aromatic N) is 1. The van der Waals surface area contributed by atoms with Crippen molar-refractivity contribution in [3.8, 4) is 11.8 Å². The minimum atomic E-state index is 0.240. The van der Waals surface area contributed by atoms with E-state index in [0.717, 1.165) is 17.7 Å². The second-order valence-corrected chi connectivity index (χ2v) is 4.75. The van der Waals surface area contributed by atoms with Gasteiger partial charge in [0.05, 0.1) is 6.54 Å². The molecule has 0 aromatic heterocycles. The van der Waals surface area contributed by atoms with Crippen molar-refractivity contribution in [2.24, 2.45) is 11.7 Å². The van der Waals surface area contributed by atoms with E-state index in [2.05, 4.69) is 18.8 Å². The topological polar surface area (TPSA) is 46.3 Å². The summed E-state index contributed by atoms with van der Waals surface area (Å²) in [5.74, 6) is 6.62. The van der Waals surface area contributed by atoms with E-state index in [0.29, 0.717) is 25.4 Å². The number of hydrogen-bond acceptors (Lipinski definition) is 2. The molecule has 2 rings (SSSR count). The van der Waals surface area contributed by atoms with Crippen LogP contribution in [0.2, 0.25) is 0 Å². The molecule has 3 heteroatoms. The summed E-state index contributed by atoms with van der Waals surface area (Å²) in [5.41, 5.74) is 7.46. The van der Waals surface area contributed by atoms with Gasteiger partial charge in [-0.1, -0.05) is 37.0 Å². The zero-order valence-electron chi connectivity index (χ0n) is 10.6. The number of carbonyl (C=O) groups is 1. The van der Waals surface area contributed by atoms with E-state index in [1.807, 2.05) is 29.2 Å². The van der Waals surface area contributed by atoms with Crippen molar-refractivity contribution < 1.29 is 4.79 Å². The van der Waals surface area contributed by atoms with Crippen molar-refractivity contribution >= 4 is 5.91 Å². The Morgan fingerprint density at radius 2 is 2.22 bits per heavy atom. The Labute approximate surface area is 108 Å². The molecule has 1 atom stereocenters. The van der Waals surface area contributed by atoms with Crippen LogP contribution in [0.1, 0.15) is 24.5 Å². The summed E-state index contributed by atoms with van der Waals surface area (Å²) in [6.45, 7) is 3.96. The first kappa shape index (κ1) is 12.7. The predicted molar refractivity (Wildman–Crippen MR) is 71.6 cm³/mol. The van der Waals surface area contributed by atoms with Crippen LogP contribution in [0.4, 0.5) is 0 Å². The first-order chi connectivity index (χ1) is 8.70. The van der Waals surface area contributed by atoms with E-state index in [1.54, 1.807) is 0 Å². The quantitative estimate of drug-likeness (QED) is 0.796. The molecule has 1 aromatic carbocycles. The van der Waals surface area contributed by atoms with Gasteiger partial charge in [-0.3, -0.25) is 4.79 Å². The lowest BCUT2D eigenvalue weighted by molar-refractivity contribution is -0.128. The highest BCUT2D eigenvalue weighted by Gasteiger charge is 2.26. The maximum absolute atomic E-state index is 11.8. The summed E-state index contributed by atoms with van der Waals surface area (Å²) in [6, 6.07) is 7.93. The molecule has 1 aliphatic heterocycles. The lowest BCUT2D eigenvalue weighted by Crippen LogP contribution is -2.24. The van der Waals surface area contributed by atoms with Gasteiger partial charge in [0.15, 0.2) is 0 Å². The second kappa shape index (κ2) is 5.70. The fraction of sp³-hybridized carbons (Fsp3) is 0.400. The van der Waals surface area contributed by atoms with Crippen LogP contribution in [0.5, 0.6) is 0 Å². The Morgan fingerprint density at radius 3 is 2.89 bits per heavy atom. The summed E-state index contributed by atoms with van der Waals surface area (Å²) in [6.07, 6.45) is 0.663. The van der Waals surface area contributed by atoms with Crippen LogP contribution in [0.15, 0.2) is 24.3 Å². The molecule has 0 radical (unpaired) electrons. The molecule has 0 bridgehead atoms. The first-order valence-electron chi connectivity index (χ1n) is 6.25. The van der Waals surface area contributed by atoms with Crippen molar-refractivity contribution in [2.75, 3.05) is 13.1 Å². The van der Waals surface area contributed by atoms with Crippen molar-refractivity contribution in [1.29, 1.82) is 0 Å². The van der Waals surface area contributed by atoms with E-state index >= 15 is 0 Å². The van der Waals surface area contributed by atoms with Gasteiger partial charge in [-0.15, -0.1) is 0 Å². The number of amides is 1. The van der Waals surface area contributed by atoms with Gasteiger partial charge in [0.2, 0.25) is 5.91 Å². The zero-order valence-corrected chi connectivity index (χ0v) is 10.6. The number of benzene rings is 1. The van der Waals surface area contributed by atoms with Crippen LogP contribution in [0.25, 0.3) is 0 Å². The van der Waals surface area contributed by atoms with Crippen LogP contribution < -0.4 is 5.73 Å². The fourth-order valence-electron chi connectivity index (χ4n) is 2.25. The van der Waals surface area contributed by atoms with Gasteiger partial charge in [-0.2, -0.15) is 0 Å². The molecular formula is C15H18N2O. The molecule has 2 N–H and O–H groups in total. The fourth-order valence-corrected chi connectivity index (χ4v) is 2.25. The van der Waals surface area contributed by atoms with E-state index in [4.69, 9.17) is 5.73 Å². The van der Waals surface area contributed by atoms with Gasteiger partial charge in [0.25, 0.3) is 0 Å². The lowest BCUT2D eigenvalue weighted by atomic mass is 10.1. The molecule has 1 aliphatic rings. The third-order valence-electron chi connectivity index (χ3n) is 3.11. The van der Waals surface area contributed by atoms with Crippen LogP contribution in [-0.4, -0.2) is 23.9 Å². The highest BCUT2D eigenvalue weighted by atomic mass is 16.2. The van der Waals surface area contributed by atoms with Crippen LogP contribution in [0.3, 0.4) is 0 Å². The van der Waals surface area contributed by atoms with Gasteiger partial charge in [-0.25, -0.2) is 0 Å². The zero-order chi connectivity index (χ0) is 13.0. The molecule has 0 aliphatic carbocycles.